The highest BCUT2D eigenvalue weighted by Gasteiger charge is 2.45. The molecule has 0 bridgehead atoms. The minimum absolute atomic E-state index is 0.0367. The van der Waals surface area contributed by atoms with E-state index in [9.17, 15) is 29.8 Å². The molecule has 0 heterocycles. The Hall–Kier alpha value is -1.56. The van der Waals surface area contributed by atoms with Crippen molar-refractivity contribution in [2.75, 3.05) is 0 Å². The van der Waals surface area contributed by atoms with Crippen LogP contribution in [0.3, 0.4) is 0 Å². The lowest BCUT2D eigenvalue weighted by Gasteiger charge is -2.31. The van der Waals surface area contributed by atoms with Crippen LogP contribution in [0.1, 0.15) is 38.5 Å². The van der Waals surface area contributed by atoms with Crippen molar-refractivity contribution in [2.45, 2.75) is 61.1 Å². The molecule has 2 fully saturated rings. The van der Waals surface area contributed by atoms with Crippen LogP contribution in [0.25, 0.3) is 0 Å². The molecule has 2 aliphatic rings. The van der Waals surface area contributed by atoms with E-state index >= 15 is 0 Å². The molecule has 0 aromatic heterocycles. The first-order chi connectivity index (χ1) is 12.2. The zero-order valence-corrected chi connectivity index (χ0v) is 15.4. The van der Waals surface area contributed by atoms with Crippen LogP contribution in [0, 0.1) is 32.1 Å². The molecule has 2 saturated carbocycles. The van der Waals surface area contributed by atoms with Crippen LogP contribution in [0.2, 0.25) is 0 Å². The number of rotatable bonds is 7. The average molecular weight is 408 g/mol. The number of carbonyl (C=O) groups is 2. The third-order valence-electron chi connectivity index (χ3n) is 5.05. The summed E-state index contributed by atoms with van der Waals surface area (Å²) < 4.78 is 0. The lowest BCUT2D eigenvalue weighted by atomic mass is 9.85. The van der Waals surface area contributed by atoms with Crippen LogP contribution in [0.4, 0.5) is 0 Å². The van der Waals surface area contributed by atoms with E-state index in [1.165, 1.54) is 21.6 Å². The Balaban J connectivity index is 1.97. The van der Waals surface area contributed by atoms with Gasteiger partial charge in [-0.3, -0.25) is 29.8 Å². The summed E-state index contributed by atoms with van der Waals surface area (Å²) in [6, 6.07) is -1.99. The van der Waals surface area contributed by atoms with Crippen molar-refractivity contribution in [1.82, 2.24) is 0 Å². The topological polar surface area (TPSA) is 161 Å². The van der Waals surface area contributed by atoms with Gasteiger partial charge in [0, 0.05) is 22.7 Å². The Bertz CT molecular complexity index is 539. The van der Waals surface area contributed by atoms with E-state index in [4.69, 9.17) is 10.2 Å². The highest BCUT2D eigenvalue weighted by Crippen LogP contribution is 2.45. The van der Waals surface area contributed by atoms with Gasteiger partial charge in [0.2, 0.25) is 12.1 Å². The number of nitro groups is 2. The van der Waals surface area contributed by atoms with Gasteiger partial charge in [-0.2, -0.15) is 0 Å². The van der Waals surface area contributed by atoms with E-state index in [-0.39, 0.29) is 12.8 Å². The maximum Gasteiger partial charge on any atom is 0.306 e. The summed E-state index contributed by atoms with van der Waals surface area (Å²) in [6.07, 6.45) is 1.36. The molecule has 2 rings (SSSR count). The molecule has 2 aliphatic carbocycles. The van der Waals surface area contributed by atoms with Crippen molar-refractivity contribution >= 4 is 33.5 Å². The molecule has 0 aromatic carbocycles. The average Bonchev–Trinajstić information content (AvgIpc) is 2.59. The molecule has 0 aromatic rings. The van der Waals surface area contributed by atoms with Gasteiger partial charge in [-0.15, -0.1) is 0 Å². The Morgan fingerprint density at radius 3 is 1.38 bits per heavy atom. The summed E-state index contributed by atoms with van der Waals surface area (Å²) >= 11 is 0. The Kier molecular flexibility index (Phi) is 7.09. The van der Waals surface area contributed by atoms with Crippen LogP contribution >= 0.6 is 21.6 Å². The van der Waals surface area contributed by atoms with Crippen molar-refractivity contribution in [2.24, 2.45) is 11.8 Å². The van der Waals surface area contributed by atoms with Gasteiger partial charge >= 0.3 is 11.9 Å². The van der Waals surface area contributed by atoms with Crippen molar-refractivity contribution in [3.8, 4) is 0 Å². The predicted molar refractivity (Wildman–Crippen MR) is 94.3 cm³/mol. The third-order valence-corrected chi connectivity index (χ3v) is 8.57. The molecular formula is C14H20N2O8S2. The lowest BCUT2D eigenvalue weighted by Crippen LogP contribution is -2.41. The largest absolute Gasteiger partial charge is 0.481 e. The summed E-state index contributed by atoms with van der Waals surface area (Å²) in [7, 11) is 2.43. The Labute approximate surface area is 156 Å². The Morgan fingerprint density at radius 1 is 0.769 bits per heavy atom. The standard InChI is InChI=1S/C14H20N2O8S2/c17-13(18)7-1-3-11(9(5-7)15(21)22)25-26-12-4-2-8(14(19)20)6-10(12)16(23)24/h7-12H,1-6H2,(H,17,18)(H,19,20)/t7-,8+,9-,10+,11+,12-. The predicted octanol–water partition coefficient (Wildman–Crippen LogP) is 2.17. The second kappa shape index (κ2) is 8.89. The van der Waals surface area contributed by atoms with Gasteiger partial charge in [-0.05, 0) is 25.7 Å². The van der Waals surface area contributed by atoms with Crippen LogP contribution in [-0.2, 0) is 9.59 Å². The minimum Gasteiger partial charge on any atom is -0.481 e. The zero-order chi connectivity index (χ0) is 19.4. The highest BCUT2D eigenvalue weighted by molar-refractivity contribution is 8.77. The van der Waals surface area contributed by atoms with Crippen molar-refractivity contribution in [3.05, 3.63) is 20.2 Å². The van der Waals surface area contributed by atoms with Gasteiger partial charge < -0.3 is 10.2 Å². The molecule has 0 amide bonds. The maximum atomic E-state index is 11.3. The van der Waals surface area contributed by atoms with Crippen LogP contribution in [0.5, 0.6) is 0 Å². The first-order valence-electron chi connectivity index (χ1n) is 8.25. The van der Waals surface area contributed by atoms with Crippen molar-refractivity contribution in [3.63, 3.8) is 0 Å². The van der Waals surface area contributed by atoms with E-state index in [0.717, 1.165) is 0 Å². The number of aliphatic carboxylic acids is 2. The second-order valence-corrected chi connectivity index (χ2v) is 9.42. The van der Waals surface area contributed by atoms with Gasteiger partial charge in [0.15, 0.2) is 0 Å². The van der Waals surface area contributed by atoms with Crippen molar-refractivity contribution in [1.29, 1.82) is 0 Å². The number of hydrogen-bond donors (Lipinski definition) is 2. The molecular weight excluding hydrogens is 388 g/mol. The van der Waals surface area contributed by atoms with Crippen LogP contribution in [-0.4, -0.2) is 54.6 Å². The molecule has 26 heavy (non-hydrogen) atoms. The fraction of sp³-hybridized carbons (Fsp3) is 0.857. The van der Waals surface area contributed by atoms with Crippen molar-refractivity contribution < 1.29 is 29.6 Å². The first kappa shape index (κ1) is 20.7. The van der Waals surface area contributed by atoms with Gasteiger partial charge in [-0.25, -0.2) is 0 Å². The molecule has 0 unspecified atom stereocenters. The van der Waals surface area contributed by atoms with Gasteiger partial charge in [0.1, 0.15) is 0 Å². The smallest absolute Gasteiger partial charge is 0.306 e. The maximum absolute atomic E-state index is 11.3. The van der Waals surface area contributed by atoms with E-state index in [1.54, 1.807) is 0 Å². The van der Waals surface area contributed by atoms with E-state index < -0.39 is 56.2 Å². The van der Waals surface area contributed by atoms with E-state index in [0.29, 0.717) is 25.7 Å². The molecule has 6 atom stereocenters. The van der Waals surface area contributed by atoms with Gasteiger partial charge in [-0.1, -0.05) is 21.6 Å². The number of nitrogens with zero attached hydrogens (tertiary/aromatic N) is 2. The molecule has 0 saturated heterocycles. The van der Waals surface area contributed by atoms with Gasteiger partial charge in [0.05, 0.1) is 22.3 Å². The molecule has 0 radical (unpaired) electrons. The second-order valence-electron chi connectivity index (χ2n) is 6.67. The summed E-state index contributed by atoms with van der Waals surface area (Å²) in [6.45, 7) is 0. The molecule has 12 heteroatoms. The number of carboxylic acid groups (broad SMARTS) is 2. The summed E-state index contributed by atoms with van der Waals surface area (Å²) in [4.78, 5) is 43.8. The van der Waals surface area contributed by atoms with Gasteiger partial charge in [0.25, 0.3) is 0 Å². The highest BCUT2D eigenvalue weighted by atomic mass is 33.1. The minimum atomic E-state index is -1.03. The number of carboxylic acids is 2. The van der Waals surface area contributed by atoms with E-state index in [1.807, 2.05) is 0 Å². The van der Waals surface area contributed by atoms with Crippen LogP contribution in [0.15, 0.2) is 0 Å². The summed E-state index contributed by atoms with van der Waals surface area (Å²) in [5, 5.41) is 39.9. The SMILES string of the molecule is O=C(O)[C@@H]1CC[C@H](SS[C@@H]2CC[C@H](C(=O)O)C[C@@H]2[N+](=O)[O-])[C@H]([N+](=O)[O-])C1. The quantitative estimate of drug-likeness (QED) is 0.363. The molecule has 0 spiro atoms. The lowest BCUT2D eigenvalue weighted by molar-refractivity contribution is -0.526. The Morgan fingerprint density at radius 2 is 1.12 bits per heavy atom. The van der Waals surface area contributed by atoms with Crippen LogP contribution < -0.4 is 0 Å². The number of hydrogen-bond acceptors (Lipinski definition) is 8. The van der Waals surface area contributed by atoms with E-state index in [2.05, 4.69) is 0 Å². The fourth-order valence-electron chi connectivity index (χ4n) is 3.50. The normalized spacial score (nSPS) is 34.8. The molecule has 10 nitrogen and oxygen atoms in total. The molecule has 2 N–H and O–H groups in total. The fourth-order valence-corrected chi connectivity index (χ4v) is 7.13. The zero-order valence-electron chi connectivity index (χ0n) is 13.8. The molecule has 0 aliphatic heterocycles. The third kappa shape index (κ3) is 5.00. The summed E-state index contributed by atoms with van der Waals surface area (Å²) in [5.41, 5.74) is 0. The summed E-state index contributed by atoms with van der Waals surface area (Å²) in [5.74, 6) is -3.53. The first-order valence-corrected chi connectivity index (χ1v) is 10.5. The monoisotopic (exact) mass is 408 g/mol. The molecule has 146 valence electrons.